The SMILES string of the molecule is CCOC(=O)CNC(=O)N(CCCN1CCOCC1)Cc1ccc(OCC)cc1. The summed E-state index contributed by atoms with van der Waals surface area (Å²) in [6.07, 6.45) is 0.851. The maximum atomic E-state index is 12.7. The van der Waals surface area contributed by atoms with Crippen molar-refractivity contribution in [2.45, 2.75) is 26.8 Å². The zero-order chi connectivity index (χ0) is 20.9. The Hall–Kier alpha value is -2.32. The van der Waals surface area contributed by atoms with E-state index in [2.05, 4.69) is 10.2 Å². The van der Waals surface area contributed by atoms with Gasteiger partial charge in [0.05, 0.1) is 26.4 Å². The third-order valence-electron chi connectivity index (χ3n) is 4.59. The van der Waals surface area contributed by atoms with Crippen LogP contribution in [0.2, 0.25) is 0 Å². The molecule has 0 bridgehead atoms. The Bertz CT molecular complexity index is 617. The van der Waals surface area contributed by atoms with Crippen molar-refractivity contribution in [1.29, 1.82) is 0 Å². The van der Waals surface area contributed by atoms with E-state index in [1.807, 2.05) is 31.2 Å². The highest BCUT2D eigenvalue weighted by Crippen LogP contribution is 2.14. The second-order valence-electron chi connectivity index (χ2n) is 6.77. The molecule has 0 spiro atoms. The fourth-order valence-corrected chi connectivity index (χ4v) is 3.11. The zero-order valence-electron chi connectivity index (χ0n) is 17.5. The number of amides is 2. The smallest absolute Gasteiger partial charge is 0.325 e. The Morgan fingerprint density at radius 1 is 1.14 bits per heavy atom. The van der Waals surface area contributed by atoms with Crippen molar-refractivity contribution in [2.24, 2.45) is 0 Å². The first-order valence-electron chi connectivity index (χ1n) is 10.3. The summed E-state index contributed by atoms with van der Waals surface area (Å²) in [5.74, 6) is 0.372. The molecule has 0 radical (unpaired) electrons. The predicted octanol–water partition coefficient (Wildman–Crippen LogP) is 1.88. The molecule has 1 N–H and O–H groups in total. The fourth-order valence-electron chi connectivity index (χ4n) is 3.11. The molecule has 162 valence electrons. The standard InChI is InChI=1S/C21H33N3O5/c1-3-28-19-8-6-18(7-9-19)17-24(21(26)22-16-20(25)29-4-2)11-5-10-23-12-14-27-15-13-23/h6-9H,3-5,10-17H2,1-2H3,(H,22,26). The van der Waals surface area contributed by atoms with Gasteiger partial charge in [-0.2, -0.15) is 0 Å². The molecule has 8 nitrogen and oxygen atoms in total. The summed E-state index contributed by atoms with van der Waals surface area (Å²) in [5, 5.41) is 2.66. The summed E-state index contributed by atoms with van der Waals surface area (Å²) in [4.78, 5) is 28.3. The zero-order valence-corrected chi connectivity index (χ0v) is 17.5. The second-order valence-corrected chi connectivity index (χ2v) is 6.77. The van der Waals surface area contributed by atoms with Crippen LogP contribution in [0.4, 0.5) is 4.79 Å². The van der Waals surface area contributed by atoms with Gasteiger partial charge in [0.15, 0.2) is 0 Å². The molecule has 8 heteroatoms. The number of ether oxygens (including phenoxy) is 3. The Labute approximate surface area is 173 Å². The number of benzene rings is 1. The molecule has 0 aromatic heterocycles. The van der Waals surface area contributed by atoms with Crippen LogP contribution < -0.4 is 10.1 Å². The normalized spacial score (nSPS) is 14.3. The quantitative estimate of drug-likeness (QED) is 0.564. The van der Waals surface area contributed by atoms with Gasteiger partial charge in [0.2, 0.25) is 0 Å². The predicted molar refractivity (Wildman–Crippen MR) is 110 cm³/mol. The van der Waals surface area contributed by atoms with Gasteiger partial charge in [-0.25, -0.2) is 4.79 Å². The molecule has 2 rings (SSSR count). The lowest BCUT2D eigenvalue weighted by atomic mass is 10.2. The van der Waals surface area contributed by atoms with Crippen LogP contribution in [-0.4, -0.2) is 81.0 Å². The number of hydrogen-bond acceptors (Lipinski definition) is 6. The van der Waals surface area contributed by atoms with Crippen molar-refractivity contribution >= 4 is 12.0 Å². The topological polar surface area (TPSA) is 80.3 Å². The average Bonchev–Trinajstić information content (AvgIpc) is 2.74. The van der Waals surface area contributed by atoms with Crippen LogP contribution in [0.3, 0.4) is 0 Å². The van der Waals surface area contributed by atoms with Gasteiger partial charge in [0, 0.05) is 32.7 Å². The first-order chi connectivity index (χ1) is 14.1. The first kappa shape index (κ1) is 23.0. The van der Waals surface area contributed by atoms with E-state index in [4.69, 9.17) is 14.2 Å². The Morgan fingerprint density at radius 2 is 1.86 bits per heavy atom. The van der Waals surface area contributed by atoms with Crippen LogP contribution in [0.5, 0.6) is 5.75 Å². The number of nitrogens with one attached hydrogen (secondary N) is 1. The summed E-state index contributed by atoms with van der Waals surface area (Å²) >= 11 is 0. The molecule has 0 unspecified atom stereocenters. The van der Waals surface area contributed by atoms with Gasteiger partial charge in [0.1, 0.15) is 12.3 Å². The number of hydrogen-bond donors (Lipinski definition) is 1. The second kappa shape index (κ2) is 13.0. The molecule has 0 saturated carbocycles. The van der Waals surface area contributed by atoms with Crippen LogP contribution in [0.25, 0.3) is 0 Å². The van der Waals surface area contributed by atoms with Crippen molar-refractivity contribution in [3.8, 4) is 5.75 Å². The van der Waals surface area contributed by atoms with Crippen molar-refractivity contribution in [3.63, 3.8) is 0 Å². The minimum Gasteiger partial charge on any atom is -0.494 e. The number of carbonyl (C=O) groups is 2. The van der Waals surface area contributed by atoms with Crippen LogP contribution in [0.15, 0.2) is 24.3 Å². The van der Waals surface area contributed by atoms with E-state index in [0.29, 0.717) is 26.3 Å². The molecular formula is C21H33N3O5. The van der Waals surface area contributed by atoms with E-state index in [0.717, 1.165) is 50.6 Å². The van der Waals surface area contributed by atoms with E-state index in [1.165, 1.54) is 0 Å². The fraction of sp³-hybridized carbons (Fsp3) is 0.619. The molecule has 1 aromatic rings. The highest BCUT2D eigenvalue weighted by molar-refractivity contribution is 5.80. The van der Waals surface area contributed by atoms with Gasteiger partial charge in [-0.1, -0.05) is 12.1 Å². The van der Waals surface area contributed by atoms with Crippen molar-refractivity contribution in [3.05, 3.63) is 29.8 Å². The highest BCUT2D eigenvalue weighted by atomic mass is 16.5. The number of morpholine rings is 1. The lowest BCUT2D eigenvalue weighted by molar-refractivity contribution is -0.141. The van der Waals surface area contributed by atoms with Gasteiger partial charge >= 0.3 is 12.0 Å². The average molecular weight is 408 g/mol. The van der Waals surface area contributed by atoms with Gasteiger partial charge in [-0.15, -0.1) is 0 Å². The number of urea groups is 1. The van der Waals surface area contributed by atoms with E-state index in [1.54, 1.807) is 11.8 Å². The number of carbonyl (C=O) groups excluding carboxylic acids is 2. The summed E-state index contributed by atoms with van der Waals surface area (Å²) in [6.45, 7) is 9.80. The lowest BCUT2D eigenvalue weighted by Crippen LogP contribution is -2.43. The maximum absolute atomic E-state index is 12.7. The van der Waals surface area contributed by atoms with Gasteiger partial charge < -0.3 is 24.4 Å². The first-order valence-corrected chi connectivity index (χ1v) is 10.3. The minimum absolute atomic E-state index is 0.129. The number of nitrogens with zero attached hydrogens (tertiary/aromatic N) is 2. The minimum atomic E-state index is -0.435. The molecule has 2 amide bonds. The lowest BCUT2D eigenvalue weighted by Gasteiger charge is -2.28. The van der Waals surface area contributed by atoms with Gasteiger partial charge in [-0.3, -0.25) is 9.69 Å². The molecule has 1 aliphatic heterocycles. The third kappa shape index (κ3) is 8.70. The third-order valence-corrected chi connectivity index (χ3v) is 4.59. The summed E-state index contributed by atoms with van der Waals surface area (Å²) in [6, 6.07) is 7.45. The van der Waals surface area contributed by atoms with Gasteiger partial charge in [-0.05, 0) is 38.0 Å². The van der Waals surface area contributed by atoms with E-state index in [-0.39, 0.29) is 12.6 Å². The summed E-state index contributed by atoms with van der Waals surface area (Å²) in [7, 11) is 0. The van der Waals surface area contributed by atoms with Crippen LogP contribution in [0, 0.1) is 0 Å². The van der Waals surface area contributed by atoms with Crippen LogP contribution >= 0.6 is 0 Å². The Balaban J connectivity index is 1.91. The molecule has 1 aliphatic rings. The van der Waals surface area contributed by atoms with Crippen molar-refractivity contribution in [1.82, 2.24) is 15.1 Å². The molecular weight excluding hydrogens is 374 g/mol. The van der Waals surface area contributed by atoms with Crippen molar-refractivity contribution < 1.29 is 23.8 Å². The molecule has 1 heterocycles. The van der Waals surface area contributed by atoms with Crippen LogP contribution in [-0.2, 0) is 20.8 Å². The van der Waals surface area contributed by atoms with E-state index < -0.39 is 5.97 Å². The molecule has 0 atom stereocenters. The maximum Gasteiger partial charge on any atom is 0.325 e. The molecule has 0 aliphatic carbocycles. The van der Waals surface area contributed by atoms with E-state index >= 15 is 0 Å². The molecule has 1 aromatic carbocycles. The summed E-state index contributed by atoms with van der Waals surface area (Å²) < 4.78 is 15.7. The largest absolute Gasteiger partial charge is 0.494 e. The summed E-state index contributed by atoms with van der Waals surface area (Å²) in [5.41, 5.74) is 1.01. The molecule has 1 fully saturated rings. The Morgan fingerprint density at radius 3 is 2.52 bits per heavy atom. The van der Waals surface area contributed by atoms with Gasteiger partial charge in [0.25, 0.3) is 0 Å². The van der Waals surface area contributed by atoms with Crippen LogP contribution in [0.1, 0.15) is 25.8 Å². The number of esters is 1. The van der Waals surface area contributed by atoms with E-state index in [9.17, 15) is 9.59 Å². The molecule has 29 heavy (non-hydrogen) atoms. The monoisotopic (exact) mass is 407 g/mol. The Kier molecular flexibility index (Phi) is 10.3. The van der Waals surface area contributed by atoms with Crippen molar-refractivity contribution in [2.75, 3.05) is 59.2 Å². The number of rotatable bonds is 11. The highest BCUT2D eigenvalue weighted by Gasteiger charge is 2.17. The molecule has 1 saturated heterocycles.